The van der Waals surface area contributed by atoms with Gasteiger partial charge >= 0.3 is 11.7 Å². The number of aromatic nitrogens is 5. The lowest BCUT2D eigenvalue weighted by atomic mass is 10.1. The van der Waals surface area contributed by atoms with Crippen molar-refractivity contribution in [2.75, 3.05) is 0 Å². The van der Waals surface area contributed by atoms with Gasteiger partial charge in [0.1, 0.15) is 24.7 Å². The van der Waals surface area contributed by atoms with Gasteiger partial charge in [0, 0.05) is 25.7 Å². The van der Waals surface area contributed by atoms with E-state index in [-0.39, 0.29) is 30.1 Å². The summed E-state index contributed by atoms with van der Waals surface area (Å²) in [5.41, 5.74) is 0.236. The third-order valence-electron chi connectivity index (χ3n) is 4.59. The Hall–Kier alpha value is -4.02. The van der Waals surface area contributed by atoms with E-state index in [4.69, 9.17) is 9.26 Å². The molecule has 0 aliphatic rings. The molecule has 0 unspecified atom stereocenters. The molecule has 0 spiro atoms. The second-order valence-electron chi connectivity index (χ2n) is 6.60. The standard InChI is InChI=1S/C19H16FN5O5/c1-23-17-16(18(27)24(2)19(23)28)25(10-21-17)8-15(26)29-9-13-7-14(30-22-13)11-3-5-12(20)6-4-11/h3-7,10H,8-9H2,1-2H3. The largest absolute Gasteiger partial charge is 0.458 e. The van der Waals surface area contributed by atoms with Crippen LogP contribution in [-0.4, -0.2) is 29.8 Å². The van der Waals surface area contributed by atoms with Gasteiger partial charge in [-0.25, -0.2) is 14.2 Å². The maximum Gasteiger partial charge on any atom is 0.332 e. The van der Waals surface area contributed by atoms with Gasteiger partial charge in [0.25, 0.3) is 5.56 Å². The van der Waals surface area contributed by atoms with E-state index in [0.717, 1.165) is 4.57 Å². The van der Waals surface area contributed by atoms with Gasteiger partial charge in [-0.1, -0.05) is 5.16 Å². The molecule has 0 radical (unpaired) electrons. The molecule has 0 aliphatic carbocycles. The first-order valence-corrected chi connectivity index (χ1v) is 8.83. The van der Waals surface area contributed by atoms with Crippen LogP contribution in [0.3, 0.4) is 0 Å². The molecule has 11 heteroatoms. The Morgan fingerprint density at radius 3 is 2.63 bits per heavy atom. The average molecular weight is 413 g/mol. The van der Waals surface area contributed by atoms with Crippen molar-refractivity contribution >= 4 is 17.1 Å². The molecule has 10 nitrogen and oxygen atoms in total. The summed E-state index contributed by atoms with van der Waals surface area (Å²) in [6.45, 7) is -0.417. The van der Waals surface area contributed by atoms with Crippen molar-refractivity contribution < 1.29 is 18.4 Å². The van der Waals surface area contributed by atoms with E-state index >= 15 is 0 Å². The van der Waals surface area contributed by atoms with Gasteiger partial charge in [-0.15, -0.1) is 0 Å². The highest BCUT2D eigenvalue weighted by atomic mass is 19.1. The quantitative estimate of drug-likeness (QED) is 0.448. The van der Waals surface area contributed by atoms with E-state index in [2.05, 4.69) is 10.1 Å². The predicted octanol–water partition coefficient (Wildman–Crippen LogP) is 0.971. The first-order chi connectivity index (χ1) is 14.3. The lowest BCUT2D eigenvalue weighted by Crippen LogP contribution is -2.37. The Labute approximate surface area is 167 Å². The van der Waals surface area contributed by atoms with Crippen LogP contribution in [0.15, 0.2) is 50.8 Å². The van der Waals surface area contributed by atoms with E-state index in [1.165, 1.54) is 41.7 Å². The highest BCUT2D eigenvalue weighted by Gasteiger charge is 2.17. The van der Waals surface area contributed by atoms with Crippen LogP contribution < -0.4 is 11.2 Å². The highest BCUT2D eigenvalue weighted by molar-refractivity contribution is 5.75. The molecule has 0 saturated carbocycles. The Kier molecular flexibility index (Phi) is 4.78. The Morgan fingerprint density at radius 1 is 1.17 bits per heavy atom. The summed E-state index contributed by atoms with van der Waals surface area (Å²) < 4.78 is 26.9. The topological polar surface area (TPSA) is 114 Å². The second-order valence-corrected chi connectivity index (χ2v) is 6.60. The van der Waals surface area contributed by atoms with Crippen molar-refractivity contribution in [1.82, 2.24) is 23.8 Å². The van der Waals surface area contributed by atoms with E-state index in [0.29, 0.717) is 17.0 Å². The Balaban J connectivity index is 1.47. The normalized spacial score (nSPS) is 11.2. The molecule has 3 aromatic heterocycles. The number of aryl methyl sites for hydroxylation is 1. The lowest BCUT2D eigenvalue weighted by molar-refractivity contribution is -0.145. The molecule has 3 heterocycles. The number of halogens is 1. The summed E-state index contributed by atoms with van der Waals surface area (Å²) in [5, 5.41) is 3.82. The molecule has 0 amide bonds. The fourth-order valence-electron chi connectivity index (χ4n) is 2.99. The molecule has 0 bridgehead atoms. The zero-order valence-corrected chi connectivity index (χ0v) is 16.0. The smallest absolute Gasteiger partial charge is 0.332 e. The monoisotopic (exact) mass is 413 g/mol. The van der Waals surface area contributed by atoms with Crippen LogP contribution in [-0.2, 0) is 36.8 Å². The fraction of sp³-hybridized carbons (Fsp3) is 0.211. The molecule has 0 aliphatic heterocycles. The van der Waals surface area contributed by atoms with Crippen molar-refractivity contribution in [3.8, 4) is 11.3 Å². The van der Waals surface area contributed by atoms with Crippen LogP contribution in [0.2, 0.25) is 0 Å². The number of hydrogen-bond donors (Lipinski definition) is 0. The molecule has 4 aromatic rings. The molecular formula is C19H16FN5O5. The van der Waals surface area contributed by atoms with E-state index in [1.807, 2.05) is 0 Å². The maximum absolute atomic E-state index is 13.0. The van der Waals surface area contributed by atoms with Crippen LogP contribution in [0.5, 0.6) is 0 Å². The molecular weight excluding hydrogens is 397 g/mol. The summed E-state index contributed by atoms with van der Waals surface area (Å²) in [4.78, 5) is 40.6. The van der Waals surface area contributed by atoms with Gasteiger partial charge in [0.2, 0.25) is 0 Å². The van der Waals surface area contributed by atoms with Crippen molar-refractivity contribution in [1.29, 1.82) is 0 Å². The number of esters is 1. The predicted molar refractivity (Wildman–Crippen MR) is 102 cm³/mol. The number of hydrogen-bond acceptors (Lipinski definition) is 7. The number of benzene rings is 1. The van der Waals surface area contributed by atoms with Gasteiger partial charge in [0.15, 0.2) is 16.9 Å². The molecule has 4 rings (SSSR count). The Bertz CT molecular complexity index is 1360. The minimum atomic E-state index is -0.628. The third kappa shape index (κ3) is 3.41. The lowest BCUT2D eigenvalue weighted by Gasteiger charge is -2.06. The van der Waals surface area contributed by atoms with Crippen LogP contribution in [0.25, 0.3) is 22.5 Å². The average Bonchev–Trinajstić information content (AvgIpc) is 3.37. The third-order valence-corrected chi connectivity index (χ3v) is 4.59. The van der Waals surface area contributed by atoms with Crippen LogP contribution in [0.1, 0.15) is 5.69 Å². The number of rotatable bonds is 5. The van der Waals surface area contributed by atoms with Crippen LogP contribution in [0.4, 0.5) is 4.39 Å². The maximum atomic E-state index is 13.0. The molecule has 30 heavy (non-hydrogen) atoms. The van der Waals surface area contributed by atoms with E-state index in [9.17, 15) is 18.8 Å². The molecule has 154 valence electrons. The molecule has 0 atom stereocenters. The summed E-state index contributed by atoms with van der Waals surface area (Å²) >= 11 is 0. The molecule has 0 N–H and O–H groups in total. The minimum Gasteiger partial charge on any atom is -0.458 e. The zero-order chi connectivity index (χ0) is 21.4. The van der Waals surface area contributed by atoms with Crippen LogP contribution >= 0.6 is 0 Å². The van der Waals surface area contributed by atoms with E-state index < -0.39 is 17.2 Å². The van der Waals surface area contributed by atoms with Gasteiger partial charge in [-0.05, 0) is 24.3 Å². The first kappa shape index (κ1) is 19.3. The van der Waals surface area contributed by atoms with Crippen molar-refractivity contribution in [3.63, 3.8) is 0 Å². The van der Waals surface area contributed by atoms with Gasteiger partial charge in [-0.3, -0.25) is 18.7 Å². The number of carbonyl (C=O) groups is 1. The SMILES string of the molecule is Cn1c(=O)c2c(ncn2CC(=O)OCc2cc(-c3ccc(F)cc3)on2)n(C)c1=O. The highest BCUT2D eigenvalue weighted by Crippen LogP contribution is 2.21. The Morgan fingerprint density at radius 2 is 1.90 bits per heavy atom. The van der Waals surface area contributed by atoms with Gasteiger partial charge < -0.3 is 13.8 Å². The first-order valence-electron chi connectivity index (χ1n) is 8.83. The summed E-state index contributed by atoms with van der Waals surface area (Å²) in [5.74, 6) is -0.586. The van der Waals surface area contributed by atoms with Gasteiger partial charge in [-0.2, -0.15) is 0 Å². The van der Waals surface area contributed by atoms with Crippen LogP contribution in [0, 0.1) is 5.82 Å². The number of carbonyl (C=O) groups excluding carboxylic acids is 1. The number of ether oxygens (including phenoxy) is 1. The minimum absolute atomic E-state index is 0.122. The summed E-state index contributed by atoms with van der Waals surface area (Å²) in [7, 11) is 2.84. The van der Waals surface area contributed by atoms with Crippen molar-refractivity contribution in [2.45, 2.75) is 13.2 Å². The van der Waals surface area contributed by atoms with Crippen molar-refractivity contribution in [2.24, 2.45) is 14.1 Å². The number of fused-ring (bicyclic) bond motifs is 1. The zero-order valence-electron chi connectivity index (χ0n) is 16.0. The summed E-state index contributed by atoms with van der Waals surface area (Å²) in [6, 6.07) is 7.27. The number of imidazole rings is 1. The van der Waals surface area contributed by atoms with Crippen molar-refractivity contribution in [3.05, 3.63) is 69.0 Å². The molecule has 0 fully saturated rings. The molecule has 0 saturated heterocycles. The number of nitrogens with zero attached hydrogens (tertiary/aromatic N) is 5. The van der Waals surface area contributed by atoms with E-state index in [1.54, 1.807) is 18.2 Å². The molecule has 1 aromatic carbocycles. The fourth-order valence-corrected chi connectivity index (χ4v) is 2.99. The van der Waals surface area contributed by atoms with Gasteiger partial charge in [0.05, 0.1) is 6.33 Å². The summed E-state index contributed by atoms with van der Waals surface area (Å²) in [6.07, 6.45) is 1.30. The second kappa shape index (κ2) is 7.43.